The van der Waals surface area contributed by atoms with Gasteiger partial charge in [-0.25, -0.2) is 4.98 Å². The van der Waals surface area contributed by atoms with Crippen LogP contribution in [0.3, 0.4) is 0 Å². The number of nitrogens with two attached hydrogens (primary N) is 1. The Bertz CT molecular complexity index is 773. The number of fused-ring (bicyclic) bond motifs is 1. The van der Waals surface area contributed by atoms with Crippen molar-refractivity contribution in [3.63, 3.8) is 0 Å². The van der Waals surface area contributed by atoms with E-state index in [4.69, 9.17) is 5.73 Å². The smallest absolute Gasteiger partial charge is 0.270 e. The lowest BCUT2D eigenvalue weighted by Crippen LogP contribution is -2.37. The monoisotopic (exact) mass is 352 g/mol. The van der Waals surface area contributed by atoms with E-state index in [9.17, 15) is 9.59 Å². The molecule has 7 heteroatoms. The summed E-state index contributed by atoms with van der Waals surface area (Å²) in [5.41, 5.74) is 7.28. The molecule has 0 saturated carbocycles. The molecule has 2 N–H and O–H groups in total. The van der Waals surface area contributed by atoms with Crippen molar-refractivity contribution < 1.29 is 4.79 Å². The minimum Gasteiger partial charge on any atom is -0.341 e. The molecule has 2 aromatic rings. The number of aromatic nitrogens is 2. The van der Waals surface area contributed by atoms with Crippen molar-refractivity contribution in [3.8, 4) is 0 Å². The van der Waals surface area contributed by atoms with E-state index < -0.39 is 0 Å². The van der Waals surface area contributed by atoms with Crippen molar-refractivity contribution in [2.45, 2.75) is 33.2 Å². The van der Waals surface area contributed by atoms with Gasteiger partial charge in [0.1, 0.15) is 11.2 Å². The van der Waals surface area contributed by atoms with Crippen LogP contribution in [-0.4, -0.2) is 39.8 Å². The molecule has 0 aliphatic carbocycles. The second kappa shape index (κ2) is 8.26. The fourth-order valence-corrected chi connectivity index (χ4v) is 2.31. The van der Waals surface area contributed by atoms with Crippen LogP contribution in [0.5, 0.6) is 0 Å². The molecular weight excluding hydrogens is 328 g/mol. The quantitative estimate of drug-likeness (QED) is 0.890. The Balaban J connectivity index is 0.00000288. The molecule has 2 rings (SSSR count). The second-order valence-electron chi connectivity index (χ2n) is 6.33. The van der Waals surface area contributed by atoms with Crippen LogP contribution in [0.15, 0.2) is 29.3 Å². The molecule has 6 nitrogen and oxygen atoms in total. The van der Waals surface area contributed by atoms with Gasteiger partial charge in [0.05, 0.1) is 0 Å². The van der Waals surface area contributed by atoms with Gasteiger partial charge in [-0.3, -0.25) is 14.0 Å². The van der Waals surface area contributed by atoms with Crippen LogP contribution >= 0.6 is 12.4 Å². The van der Waals surface area contributed by atoms with Gasteiger partial charge in [-0.2, -0.15) is 0 Å². The van der Waals surface area contributed by atoms with Crippen molar-refractivity contribution in [1.29, 1.82) is 0 Å². The molecule has 2 aromatic heterocycles. The molecule has 0 aromatic carbocycles. The molecule has 0 fully saturated rings. The number of carbonyl (C=O) groups is 1. The van der Waals surface area contributed by atoms with Crippen LogP contribution in [0.4, 0.5) is 0 Å². The zero-order valence-corrected chi connectivity index (χ0v) is 15.3. The van der Waals surface area contributed by atoms with Crippen molar-refractivity contribution >= 4 is 24.0 Å². The first-order chi connectivity index (χ1) is 10.8. The Morgan fingerprint density at radius 3 is 2.71 bits per heavy atom. The van der Waals surface area contributed by atoms with E-state index in [0.29, 0.717) is 24.5 Å². The minimum atomic E-state index is -0.347. The molecule has 1 amide bonds. The summed E-state index contributed by atoms with van der Waals surface area (Å²) in [5.74, 6) is 0.0307. The number of hydrogen-bond acceptors (Lipinski definition) is 4. The molecule has 0 aliphatic heterocycles. The van der Waals surface area contributed by atoms with Crippen molar-refractivity contribution in [3.05, 3.63) is 46.0 Å². The molecule has 0 aliphatic rings. The SMILES string of the molecule is Cc1ccn2c(=O)c(C(=O)N(C)CCC(N)C(C)C)cnc2c1.Cl. The number of halogens is 1. The Hall–Kier alpha value is -1.92. The van der Waals surface area contributed by atoms with Gasteiger partial charge in [0.15, 0.2) is 0 Å². The minimum absolute atomic E-state index is 0. The topological polar surface area (TPSA) is 80.7 Å². The molecule has 1 unspecified atom stereocenters. The van der Waals surface area contributed by atoms with Crippen molar-refractivity contribution in [2.24, 2.45) is 11.7 Å². The summed E-state index contributed by atoms with van der Waals surface area (Å²) in [4.78, 5) is 30.7. The van der Waals surface area contributed by atoms with Crippen LogP contribution in [0.25, 0.3) is 5.65 Å². The van der Waals surface area contributed by atoms with Gasteiger partial charge < -0.3 is 10.6 Å². The summed E-state index contributed by atoms with van der Waals surface area (Å²) in [7, 11) is 1.68. The molecule has 0 radical (unpaired) electrons. The Kier molecular flexibility index (Phi) is 6.93. The average molecular weight is 353 g/mol. The van der Waals surface area contributed by atoms with Crippen molar-refractivity contribution in [1.82, 2.24) is 14.3 Å². The normalized spacial score (nSPS) is 12.1. The standard InChI is InChI=1S/C17H24N4O2.ClH/c1-11(2)14(18)6-7-20(4)16(22)13-10-19-15-9-12(3)5-8-21(15)17(13)23;/h5,8-11,14H,6-7,18H2,1-4H3;1H. The molecule has 24 heavy (non-hydrogen) atoms. The first kappa shape index (κ1) is 20.1. The number of aryl methyl sites for hydroxylation is 1. The molecule has 0 bridgehead atoms. The highest BCUT2D eigenvalue weighted by molar-refractivity contribution is 5.93. The molecule has 1 atom stereocenters. The number of rotatable bonds is 5. The van der Waals surface area contributed by atoms with E-state index in [1.807, 2.05) is 26.8 Å². The third-order valence-corrected chi connectivity index (χ3v) is 4.10. The van der Waals surface area contributed by atoms with Gasteiger partial charge >= 0.3 is 0 Å². The highest BCUT2D eigenvalue weighted by atomic mass is 35.5. The Morgan fingerprint density at radius 2 is 2.08 bits per heavy atom. The summed E-state index contributed by atoms with van der Waals surface area (Å²) in [6, 6.07) is 3.65. The molecule has 132 valence electrons. The maximum Gasteiger partial charge on any atom is 0.270 e. The number of pyridine rings is 1. The van der Waals surface area contributed by atoms with Gasteiger partial charge in [-0.1, -0.05) is 13.8 Å². The summed E-state index contributed by atoms with van der Waals surface area (Å²) in [6.45, 7) is 6.54. The van der Waals surface area contributed by atoms with Gasteiger partial charge in [0.25, 0.3) is 11.5 Å². The molecule has 2 heterocycles. The van der Waals surface area contributed by atoms with E-state index in [1.54, 1.807) is 19.3 Å². The maximum atomic E-state index is 12.5. The first-order valence-electron chi connectivity index (χ1n) is 7.80. The predicted molar refractivity (Wildman–Crippen MR) is 97.8 cm³/mol. The van der Waals surface area contributed by atoms with Crippen molar-refractivity contribution in [2.75, 3.05) is 13.6 Å². The van der Waals surface area contributed by atoms with Gasteiger partial charge in [-0.15, -0.1) is 12.4 Å². The fourth-order valence-electron chi connectivity index (χ4n) is 2.31. The number of nitrogens with zero attached hydrogens (tertiary/aromatic N) is 3. The summed E-state index contributed by atoms with van der Waals surface area (Å²) in [5, 5.41) is 0. The molecule has 0 spiro atoms. The third kappa shape index (κ3) is 4.33. The largest absolute Gasteiger partial charge is 0.341 e. The van der Waals surface area contributed by atoms with Crippen LogP contribution in [0.1, 0.15) is 36.2 Å². The lowest BCUT2D eigenvalue weighted by atomic mass is 10.0. The summed E-state index contributed by atoms with van der Waals surface area (Å²) >= 11 is 0. The summed E-state index contributed by atoms with van der Waals surface area (Å²) < 4.78 is 1.40. The highest BCUT2D eigenvalue weighted by Crippen LogP contribution is 2.07. The Morgan fingerprint density at radius 1 is 1.42 bits per heavy atom. The summed E-state index contributed by atoms with van der Waals surface area (Å²) in [6.07, 6.45) is 3.70. The van der Waals surface area contributed by atoms with Gasteiger partial charge in [0, 0.05) is 32.0 Å². The predicted octanol–water partition coefficient (Wildman–Crippen LogP) is 1.87. The van der Waals surface area contributed by atoms with Crippen LogP contribution in [0.2, 0.25) is 0 Å². The highest BCUT2D eigenvalue weighted by Gasteiger charge is 2.18. The molecule has 0 saturated heterocycles. The zero-order valence-electron chi connectivity index (χ0n) is 14.5. The number of hydrogen-bond donors (Lipinski definition) is 1. The van der Waals surface area contributed by atoms with Gasteiger partial charge in [0.2, 0.25) is 0 Å². The van der Waals surface area contributed by atoms with Crippen LogP contribution in [0, 0.1) is 12.8 Å². The van der Waals surface area contributed by atoms with Gasteiger partial charge in [-0.05, 0) is 37.0 Å². The van der Waals surface area contributed by atoms with E-state index in [1.165, 1.54) is 15.5 Å². The second-order valence-corrected chi connectivity index (χ2v) is 6.33. The Labute approximate surface area is 148 Å². The zero-order chi connectivity index (χ0) is 17.1. The number of carbonyl (C=O) groups excluding carboxylic acids is 1. The fraction of sp³-hybridized carbons (Fsp3) is 0.471. The van der Waals surface area contributed by atoms with Crippen LogP contribution < -0.4 is 11.3 Å². The van der Waals surface area contributed by atoms with E-state index in [0.717, 1.165) is 5.56 Å². The van der Waals surface area contributed by atoms with E-state index in [2.05, 4.69) is 4.98 Å². The lowest BCUT2D eigenvalue weighted by Gasteiger charge is -2.21. The maximum absolute atomic E-state index is 12.5. The van der Waals surface area contributed by atoms with E-state index >= 15 is 0 Å². The lowest BCUT2D eigenvalue weighted by molar-refractivity contribution is 0.0787. The molecular formula is C17H25ClN4O2. The first-order valence-corrected chi connectivity index (χ1v) is 7.80. The van der Waals surface area contributed by atoms with Crippen LogP contribution in [-0.2, 0) is 0 Å². The number of amides is 1. The average Bonchev–Trinajstić information content (AvgIpc) is 2.51. The third-order valence-electron chi connectivity index (χ3n) is 4.10. The van der Waals surface area contributed by atoms with E-state index in [-0.39, 0.29) is 35.5 Å².